The molecule has 2 atom stereocenters. The van der Waals surface area contributed by atoms with Crippen LogP contribution in [0, 0.1) is 0 Å². The van der Waals surface area contributed by atoms with Gasteiger partial charge in [0.05, 0.1) is 23.3 Å². The summed E-state index contributed by atoms with van der Waals surface area (Å²) in [6.07, 6.45) is 1.98. The van der Waals surface area contributed by atoms with Crippen molar-refractivity contribution in [2.45, 2.75) is 43.1 Å². The molecule has 0 aliphatic carbocycles. The number of nitrogens with zero attached hydrogens (tertiary/aromatic N) is 2. The molecule has 5 rings (SSSR count). The van der Waals surface area contributed by atoms with Crippen LogP contribution in [0.5, 0.6) is 0 Å². The Labute approximate surface area is 225 Å². The SMILES string of the molecule is CN1/C(=C\[P@](=Nc2ccc(S(N)(=O)=O)cc2)(OC[C@H]2CCCO2)c2ccccc2)C(C)(C)c2ccccc21. The summed E-state index contributed by atoms with van der Waals surface area (Å²) in [6, 6.07) is 24.9. The van der Waals surface area contributed by atoms with E-state index in [4.69, 9.17) is 19.1 Å². The van der Waals surface area contributed by atoms with Gasteiger partial charge in [-0.05, 0) is 48.7 Å². The standard InChI is InChI=1S/C29H34N3O4PS/c1-29(2)26-13-7-8-14-27(26)32(3)28(29)21-37(24-11-5-4-6-12-24,36-20-23-10-9-19-35-23)31-22-15-17-25(18-16-22)38(30,33)34/h4-8,11-18,21,23H,9-10,19-20H2,1-3H3,(H2,30,33,34)/b28-21-/t23-,37+/m1/s1. The van der Waals surface area contributed by atoms with Crippen LogP contribution < -0.4 is 15.3 Å². The summed E-state index contributed by atoms with van der Waals surface area (Å²) in [7, 11) is -4.54. The third kappa shape index (κ3) is 5.24. The molecule has 2 N–H and O–H groups in total. The smallest absolute Gasteiger partial charge is 0.238 e. The Kier molecular flexibility index (Phi) is 7.37. The minimum absolute atomic E-state index is 0.0166. The van der Waals surface area contributed by atoms with E-state index in [0.29, 0.717) is 12.3 Å². The molecule has 38 heavy (non-hydrogen) atoms. The van der Waals surface area contributed by atoms with Crippen molar-refractivity contribution >= 4 is 34.0 Å². The number of hydrogen-bond acceptors (Lipinski definition) is 6. The molecular formula is C29H34N3O4PS. The molecule has 0 unspecified atom stereocenters. The molecule has 0 amide bonds. The second kappa shape index (κ2) is 10.4. The number of sulfonamides is 1. The predicted octanol–water partition coefficient (Wildman–Crippen LogP) is 5.87. The first-order chi connectivity index (χ1) is 18.1. The zero-order chi connectivity index (χ0) is 27.0. The zero-order valence-electron chi connectivity index (χ0n) is 21.9. The normalized spacial score (nSPS) is 21.3. The molecule has 200 valence electrons. The van der Waals surface area contributed by atoms with E-state index >= 15 is 0 Å². The molecule has 3 aromatic rings. The molecule has 1 fully saturated rings. The lowest BCUT2D eigenvalue weighted by atomic mass is 9.84. The van der Waals surface area contributed by atoms with E-state index in [0.717, 1.165) is 36.1 Å². The van der Waals surface area contributed by atoms with Gasteiger partial charge in [0, 0.05) is 41.6 Å². The molecule has 0 bridgehead atoms. The number of anilines is 1. The van der Waals surface area contributed by atoms with Crippen LogP contribution in [-0.4, -0.2) is 34.8 Å². The molecule has 9 heteroatoms. The van der Waals surface area contributed by atoms with E-state index in [2.05, 4.69) is 68.0 Å². The van der Waals surface area contributed by atoms with Gasteiger partial charge in [-0.2, -0.15) is 0 Å². The van der Waals surface area contributed by atoms with Gasteiger partial charge in [-0.25, -0.2) is 18.3 Å². The van der Waals surface area contributed by atoms with Gasteiger partial charge in [0.2, 0.25) is 10.0 Å². The number of likely N-dealkylation sites (N-methyl/N-ethyl adjacent to an activating group) is 1. The first-order valence-electron chi connectivity index (χ1n) is 12.7. The van der Waals surface area contributed by atoms with Gasteiger partial charge >= 0.3 is 0 Å². The van der Waals surface area contributed by atoms with E-state index < -0.39 is 17.3 Å². The van der Waals surface area contributed by atoms with Crippen LogP contribution in [0.4, 0.5) is 11.4 Å². The van der Waals surface area contributed by atoms with E-state index in [-0.39, 0.29) is 16.4 Å². The number of fused-ring (bicyclic) bond motifs is 1. The second-order valence-electron chi connectivity index (χ2n) is 10.2. The lowest BCUT2D eigenvalue weighted by Crippen LogP contribution is -2.24. The maximum absolute atomic E-state index is 11.8. The van der Waals surface area contributed by atoms with Crippen LogP contribution in [-0.2, 0) is 24.7 Å². The molecule has 0 saturated carbocycles. The van der Waals surface area contributed by atoms with Crippen molar-refractivity contribution in [3.8, 4) is 0 Å². The van der Waals surface area contributed by atoms with Gasteiger partial charge in [0.25, 0.3) is 0 Å². The van der Waals surface area contributed by atoms with E-state index in [1.807, 2.05) is 18.2 Å². The first-order valence-corrected chi connectivity index (χ1v) is 16.0. The molecule has 2 aliphatic heterocycles. The number of benzene rings is 3. The molecule has 1 saturated heterocycles. The highest BCUT2D eigenvalue weighted by atomic mass is 32.2. The van der Waals surface area contributed by atoms with Crippen molar-refractivity contribution in [2.75, 3.05) is 25.2 Å². The van der Waals surface area contributed by atoms with Gasteiger partial charge < -0.3 is 14.2 Å². The Bertz CT molecular complexity index is 1500. The Morgan fingerprint density at radius 2 is 1.76 bits per heavy atom. The van der Waals surface area contributed by atoms with Crippen molar-refractivity contribution in [2.24, 2.45) is 9.88 Å². The van der Waals surface area contributed by atoms with Gasteiger partial charge in [-0.15, -0.1) is 0 Å². The first kappa shape index (κ1) is 26.9. The maximum Gasteiger partial charge on any atom is 0.238 e. The average Bonchev–Trinajstić information content (AvgIpc) is 3.49. The highest BCUT2D eigenvalue weighted by Gasteiger charge is 2.40. The lowest BCUT2D eigenvalue weighted by molar-refractivity contribution is 0.0723. The fourth-order valence-electron chi connectivity index (χ4n) is 5.19. The minimum atomic E-state index is -3.81. The number of nitrogens with two attached hydrogens (primary N) is 1. The van der Waals surface area contributed by atoms with E-state index in [9.17, 15) is 8.42 Å². The van der Waals surface area contributed by atoms with Crippen LogP contribution in [0.3, 0.4) is 0 Å². The fraction of sp³-hybridized carbons (Fsp3) is 0.310. The Morgan fingerprint density at radius 3 is 2.39 bits per heavy atom. The third-order valence-electron chi connectivity index (χ3n) is 7.27. The van der Waals surface area contributed by atoms with Crippen molar-refractivity contribution in [1.29, 1.82) is 0 Å². The third-order valence-corrected chi connectivity index (χ3v) is 10.9. The van der Waals surface area contributed by atoms with Crippen molar-refractivity contribution in [1.82, 2.24) is 0 Å². The van der Waals surface area contributed by atoms with Crippen LogP contribution in [0.25, 0.3) is 0 Å². The summed E-state index contributed by atoms with van der Waals surface area (Å²) >= 11 is 0. The Hall–Kier alpha value is -2.74. The summed E-state index contributed by atoms with van der Waals surface area (Å²) in [5.41, 5.74) is 3.86. The largest absolute Gasteiger partial charge is 0.376 e. The van der Waals surface area contributed by atoms with Crippen LogP contribution >= 0.6 is 7.28 Å². The van der Waals surface area contributed by atoms with Gasteiger partial charge in [-0.1, -0.05) is 62.4 Å². The number of rotatable bonds is 7. The highest BCUT2D eigenvalue weighted by molar-refractivity contribution is 7.89. The number of primary sulfonamides is 1. The van der Waals surface area contributed by atoms with Gasteiger partial charge in [-0.3, -0.25) is 0 Å². The van der Waals surface area contributed by atoms with E-state index in [1.165, 1.54) is 17.7 Å². The van der Waals surface area contributed by atoms with Crippen molar-refractivity contribution < 1.29 is 17.7 Å². The monoisotopic (exact) mass is 551 g/mol. The minimum Gasteiger partial charge on any atom is -0.376 e. The fourth-order valence-corrected chi connectivity index (χ4v) is 8.60. The summed E-state index contributed by atoms with van der Waals surface area (Å²) in [6.45, 7) is 5.61. The lowest BCUT2D eigenvalue weighted by Gasteiger charge is -2.30. The molecule has 3 aromatic carbocycles. The number of allylic oxidation sites excluding steroid dienone is 1. The summed E-state index contributed by atoms with van der Waals surface area (Å²) in [5, 5.41) is 6.31. The zero-order valence-corrected chi connectivity index (χ0v) is 23.7. The van der Waals surface area contributed by atoms with Crippen molar-refractivity contribution in [3.05, 3.63) is 95.9 Å². The molecule has 0 aromatic heterocycles. The topological polar surface area (TPSA) is 94.2 Å². The predicted molar refractivity (Wildman–Crippen MR) is 154 cm³/mol. The number of ether oxygens (including phenoxy) is 1. The Balaban J connectivity index is 1.72. The van der Waals surface area contributed by atoms with Gasteiger partial charge in [0.1, 0.15) is 7.28 Å². The molecule has 0 spiro atoms. The quantitative estimate of drug-likeness (QED) is 0.371. The molecule has 0 radical (unpaired) electrons. The Morgan fingerprint density at radius 1 is 1.08 bits per heavy atom. The summed E-state index contributed by atoms with van der Waals surface area (Å²) in [5.74, 6) is 2.21. The number of para-hydroxylation sites is 1. The van der Waals surface area contributed by atoms with Crippen LogP contribution in [0.1, 0.15) is 32.3 Å². The maximum atomic E-state index is 11.8. The summed E-state index contributed by atoms with van der Waals surface area (Å²) < 4.78 is 41.7. The number of hydrogen-bond donors (Lipinski definition) is 1. The van der Waals surface area contributed by atoms with E-state index in [1.54, 1.807) is 12.1 Å². The van der Waals surface area contributed by atoms with Crippen molar-refractivity contribution in [3.63, 3.8) is 0 Å². The molecular weight excluding hydrogens is 517 g/mol. The average molecular weight is 552 g/mol. The molecule has 7 nitrogen and oxygen atoms in total. The van der Waals surface area contributed by atoms with Gasteiger partial charge in [0.15, 0.2) is 0 Å². The second-order valence-corrected chi connectivity index (χ2v) is 14.3. The molecule has 2 heterocycles. The van der Waals surface area contributed by atoms with Crippen LogP contribution in [0.2, 0.25) is 0 Å². The highest BCUT2D eigenvalue weighted by Crippen LogP contribution is 2.58. The molecule has 2 aliphatic rings. The summed E-state index contributed by atoms with van der Waals surface area (Å²) in [4.78, 5) is 2.27. The van der Waals surface area contributed by atoms with Crippen LogP contribution in [0.15, 0.2) is 100 Å².